The average molecular weight is 365 g/mol. The Hall–Kier alpha value is -1.18. The second-order valence-corrected chi connectivity index (χ2v) is 8.11. The van der Waals surface area contributed by atoms with Crippen LogP contribution in [0.15, 0.2) is 5.38 Å². The minimum atomic E-state index is -0.192. The third-order valence-corrected chi connectivity index (χ3v) is 6.39. The summed E-state index contributed by atoms with van der Waals surface area (Å²) in [5, 5.41) is 3.31. The van der Waals surface area contributed by atoms with Crippen LogP contribution in [0.2, 0.25) is 0 Å². The molecule has 0 bridgehead atoms. The number of hydrogen-bond acceptors (Lipinski definition) is 6. The standard InChI is InChI=1S/C18H28N4O2S/c23-17(16-5-4-12-24-16)21-8-10-22(11-9-21)18-19-15(14-25-18)13-20-6-2-1-3-7-20/h14,16H,1-13H2. The van der Waals surface area contributed by atoms with E-state index in [1.807, 2.05) is 4.90 Å². The maximum absolute atomic E-state index is 12.4. The summed E-state index contributed by atoms with van der Waals surface area (Å²) in [6, 6.07) is 0. The summed E-state index contributed by atoms with van der Waals surface area (Å²) >= 11 is 1.74. The Morgan fingerprint density at radius 2 is 1.92 bits per heavy atom. The molecule has 1 unspecified atom stereocenters. The lowest BCUT2D eigenvalue weighted by molar-refractivity contribution is -0.141. The van der Waals surface area contributed by atoms with Gasteiger partial charge in [-0.2, -0.15) is 0 Å². The Labute approximate surface area is 153 Å². The van der Waals surface area contributed by atoms with Crippen LogP contribution in [0, 0.1) is 0 Å². The Morgan fingerprint density at radius 1 is 1.12 bits per heavy atom. The summed E-state index contributed by atoms with van der Waals surface area (Å²) in [7, 11) is 0. The number of amides is 1. The first kappa shape index (κ1) is 17.2. The van der Waals surface area contributed by atoms with E-state index >= 15 is 0 Å². The van der Waals surface area contributed by atoms with E-state index in [9.17, 15) is 4.79 Å². The van der Waals surface area contributed by atoms with Crippen molar-refractivity contribution in [3.63, 3.8) is 0 Å². The van der Waals surface area contributed by atoms with E-state index in [1.165, 1.54) is 38.0 Å². The molecule has 0 saturated carbocycles. The van der Waals surface area contributed by atoms with Gasteiger partial charge in [0.25, 0.3) is 5.91 Å². The van der Waals surface area contributed by atoms with E-state index in [0.717, 1.165) is 57.3 Å². The van der Waals surface area contributed by atoms with Crippen molar-refractivity contribution in [3.8, 4) is 0 Å². The van der Waals surface area contributed by atoms with Crippen molar-refractivity contribution in [1.29, 1.82) is 0 Å². The fourth-order valence-electron chi connectivity index (χ4n) is 3.95. The molecule has 1 aromatic rings. The predicted molar refractivity (Wildman–Crippen MR) is 99.0 cm³/mol. The van der Waals surface area contributed by atoms with Gasteiger partial charge < -0.3 is 14.5 Å². The highest BCUT2D eigenvalue weighted by Gasteiger charge is 2.30. The summed E-state index contributed by atoms with van der Waals surface area (Å²) < 4.78 is 5.54. The maximum atomic E-state index is 12.4. The first-order valence-corrected chi connectivity index (χ1v) is 10.5. The highest BCUT2D eigenvalue weighted by atomic mass is 32.1. The van der Waals surface area contributed by atoms with Crippen molar-refractivity contribution in [1.82, 2.24) is 14.8 Å². The molecule has 0 aliphatic carbocycles. The van der Waals surface area contributed by atoms with Gasteiger partial charge in [-0.15, -0.1) is 11.3 Å². The fourth-order valence-corrected chi connectivity index (χ4v) is 4.83. The smallest absolute Gasteiger partial charge is 0.251 e. The average Bonchev–Trinajstić information content (AvgIpc) is 3.34. The molecule has 4 rings (SSSR count). The van der Waals surface area contributed by atoms with Gasteiger partial charge in [0.2, 0.25) is 0 Å². The molecule has 4 heterocycles. The van der Waals surface area contributed by atoms with Gasteiger partial charge in [0.05, 0.1) is 5.69 Å². The van der Waals surface area contributed by atoms with Gasteiger partial charge in [-0.05, 0) is 38.8 Å². The van der Waals surface area contributed by atoms with Gasteiger partial charge in [0.15, 0.2) is 5.13 Å². The molecule has 0 N–H and O–H groups in total. The molecule has 25 heavy (non-hydrogen) atoms. The van der Waals surface area contributed by atoms with Crippen LogP contribution in [0.25, 0.3) is 0 Å². The van der Waals surface area contributed by atoms with Crippen molar-refractivity contribution in [2.75, 3.05) is 50.8 Å². The molecule has 7 heteroatoms. The van der Waals surface area contributed by atoms with Gasteiger partial charge in [-0.25, -0.2) is 4.98 Å². The largest absolute Gasteiger partial charge is 0.368 e. The first-order valence-electron chi connectivity index (χ1n) is 9.62. The third-order valence-electron chi connectivity index (χ3n) is 5.44. The minimum Gasteiger partial charge on any atom is -0.368 e. The van der Waals surface area contributed by atoms with E-state index < -0.39 is 0 Å². The third kappa shape index (κ3) is 4.15. The second-order valence-electron chi connectivity index (χ2n) is 7.27. The van der Waals surface area contributed by atoms with Crippen LogP contribution in [-0.2, 0) is 16.1 Å². The van der Waals surface area contributed by atoms with E-state index in [4.69, 9.17) is 9.72 Å². The van der Waals surface area contributed by atoms with E-state index in [-0.39, 0.29) is 12.0 Å². The lowest BCUT2D eigenvalue weighted by Gasteiger charge is -2.35. The fraction of sp³-hybridized carbons (Fsp3) is 0.778. The predicted octanol–water partition coefficient (Wildman–Crippen LogP) is 1.96. The lowest BCUT2D eigenvalue weighted by Crippen LogP contribution is -2.51. The van der Waals surface area contributed by atoms with Gasteiger partial charge in [-0.3, -0.25) is 9.69 Å². The minimum absolute atomic E-state index is 0.182. The number of piperidine rings is 1. The van der Waals surface area contributed by atoms with Crippen LogP contribution in [0.3, 0.4) is 0 Å². The molecule has 1 atom stereocenters. The van der Waals surface area contributed by atoms with Crippen LogP contribution in [0.4, 0.5) is 5.13 Å². The van der Waals surface area contributed by atoms with E-state index in [1.54, 1.807) is 11.3 Å². The van der Waals surface area contributed by atoms with Crippen LogP contribution < -0.4 is 4.90 Å². The number of ether oxygens (including phenoxy) is 1. The van der Waals surface area contributed by atoms with Crippen LogP contribution >= 0.6 is 11.3 Å². The normalized spacial score (nSPS) is 25.5. The highest BCUT2D eigenvalue weighted by Crippen LogP contribution is 2.24. The molecule has 1 aromatic heterocycles. The van der Waals surface area contributed by atoms with Crippen molar-refractivity contribution >= 4 is 22.4 Å². The lowest BCUT2D eigenvalue weighted by atomic mass is 10.1. The quantitative estimate of drug-likeness (QED) is 0.817. The van der Waals surface area contributed by atoms with Crippen LogP contribution in [-0.4, -0.2) is 72.7 Å². The second kappa shape index (κ2) is 8.01. The molecule has 6 nitrogen and oxygen atoms in total. The molecule has 0 spiro atoms. The summed E-state index contributed by atoms with van der Waals surface area (Å²) in [6.45, 7) is 7.42. The Bertz CT molecular complexity index is 573. The molecule has 138 valence electrons. The van der Waals surface area contributed by atoms with Gasteiger partial charge in [0, 0.05) is 44.7 Å². The van der Waals surface area contributed by atoms with Crippen molar-refractivity contribution in [2.24, 2.45) is 0 Å². The molecule has 1 amide bonds. The number of piperazine rings is 1. The number of nitrogens with zero attached hydrogens (tertiary/aromatic N) is 4. The van der Waals surface area contributed by atoms with Crippen LogP contribution in [0.5, 0.6) is 0 Å². The molecule has 3 aliphatic rings. The van der Waals surface area contributed by atoms with Gasteiger partial charge in [-0.1, -0.05) is 6.42 Å². The van der Waals surface area contributed by atoms with Gasteiger partial charge in [0.1, 0.15) is 6.10 Å². The monoisotopic (exact) mass is 364 g/mol. The number of rotatable bonds is 4. The number of carbonyl (C=O) groups is 1. The number of likely N-dealkylation sites (tertiary alicyclic amines) is 1. The Balaban J connectivity index is 1.28. The number of anilines is 1. The van der Waals surface area contributed by atoms with Crippen molar-refractivity contribution in [2.45, 2.75) is 44.8 Å². The summed E-state index contributed by atoms with van der Waals surface area (Å²) in [5.41, 5.74) is 1.19. The van der Waals surface area contributed by atoms with E-state index in [0.29, 0.717) is 0 Å². The Kier molecular flexibility index (Phi) is 5.53. The number of thiazole rings is 1. The topological polar surface area (TPSA) is 48.9 Å². The van der Waals surface area contributed by atoms with E-state index in [2.05, 4.69) is 15.2 Å². The Morgan fingerprint density at radius 3 is 2.64 bits per heavy atom. The number of aromatic nitrogens is 1. The molecular formula is C18H28N4O2S. The molecular weight excluding hydrogens is 336 g/mol. The zero-order valence-corrected chi connectivity index (χ0v) is 15.7. The number of hydrogen-bond donors (Lipinski definition) is 0. The molecule has 3 aliphatic heterocycles. The van der Waals surface area contributed by atoms with Crippen LogP contribution in [0.1, 0.15) is 37.8 Å². The zero-order chi connectivity index (χ0) is 17.1. The van der Waals surface area contributed by atoms with Crippen molar-refractivity contribution < 1.29 is 9.53 Å². The molecule has 0 aromatic carbocycles. The SMILES string of the molecule is O=C(C1CCCO1)N1CCN(c2nc(CN3CCCCC3)cs2)CC1. The first-order chi connectivity index (χ1) is 12.3. The molecule has 3 fully saturated rings. The van der Waals surface area contributed by atoms with Gasteiger partial charge >= 0.3 is 0 Å². The highest BCUT2D eigenvalue weighted by molar-refractivity contribution is 7.13. The van der Waals surface area contributed by atoms with Crippen molar-refractivity contribution in [3.05, 3.63) is 11.1 Å². The zero-order valence-electron chi connectivity index (χ0n) is 14.9. The number of carbonyl (C=O) groups excluding carboxylic acids is 1. The summed E-state index contributed by atoms with van der Waals surface area (Å²) in [5.74, 6) is 0.182. The summed E-state index contributed by atoms with van der Waals surface area (Å²) in [6.07, 6.45) is 5.70. The summed E-state index contributed by atoms with van der Waals surface area (Å²) in [4.78, 5) is 24.1. The molecule has 3 saturated heterocycles. The maximum Gasteiger partial charge on any atom is 0.251 e. The molecule has 0 radical (unpaired) electrons.